The second-order valence-corrected chi connectivity index (χ2v) is 5.31. The summed E-state index contributed by atoms with van der Waals surface area (Å²) >= 11 is 0. The first-order chi connectivity index (χ1) is 10.6. The number of aromatic nitrogens is 2. The highest BCUT2D eigenvalue weighted by molar-refractivity contribution is 5.73. The molecule has 1 N–H and O–H groups in total. The number of carbonyl (C=O) groups excluding carboxylic acids is 1. The summed E-state index contributed by atoms with van der Waals surface area (Å²) in [4.78, 5) is 34.4. The van der Waals surface area contributed by atoms with Crippen LogP contribution >= 0.6 is 0 Å². The number of nitrogens with one attached hydrogen (secondary N) is 1. The Morgan fingerprint density at radius 2 is 1.82 bits per heavy atom. The molecule has 6 heteroatoms. The summed E-state index contributed by atoms with van der Waals surface area (Å²) < 4.78 is 0. The average molecular weight is 298 g/mol. The summed E-state index contributed by atoms with van der Waals surface area (Å²) in [5.74, 6) is 0.647. The number of benzene rings is 1. The Morgan fingerprint density at radius 1 is 1.14 bits per heavy atom. The zero-order chi connectivity index (χ0) is 15.5. The molecule has 1 aliphatic heterocycles. The van der Waals surface area contributed by atoms with Crippen molar-refractivity contribution in [2.24, 2.45) is 0 Å². The van der Waals surface area contributed by atoms with E-state index in [1.54, 1.807) is 11.8 Å². The van der Waals surface area contributed by atoms with Gasteiger partial charge in [-0.2, -0.15) is 0 Å². The smallest absolute Gasteiger partial charge is 0.252 e. The largest absolute Gasteiger partial charge is 0.339 e. The van der Waals surface area contributed by atoms with E-state index in [1.807, 2.05) is 35.2 Å². The maximum absolute atomic E-state index is 11.9. The van der Waals surface area contributed by atoms with Crippen LogP contribution in [-0.4, -0.2) is 47.0 Å². The quantitative estimate of drug-likeness (QED) is 0.901. The molecule has 1 aromatic carbocycles. The van der Waals surface area contributed by atoms with Gasteiger partial charge in [0.05, 0.1) is 5.69 Å². The third kappa shape index (κ3) is 3.00. The lowest BCUT2D eigenvalue weighted by Crippen LogP contribution is -2.48. The summed E-state index contributed by atoms with van der Waals surface area (Å²) in [6, 6.07) is 11.1. The molecule has 2 aromatic rings. The maximum Gasteiger partial charge on any atom is 0.252 e. The van der Waals surface area contributed by atoms with Crippen molar-refractivity contribution in [3.63, 3.8) is 0 Å². The molecule has 0 atom stereocenters. The van der Waals surface area contributed by atoms with Crippen molar-refractivity contribution < 1.29 is 4.79 Å². The van der Waals surface area contributed by atoms with Crippen LogP contribution in [0.5, 0.6) is 0 Å². The lowest BCUT2D eigenvalue weighted by Gasteiger charge is -2.34. The summed E-state index contributed by atoms with van der Waals surface area (Å²) in [6.45, 7) is 4.20. The van der Waals surface area contributed by atoms with Gasteiger partial charge in [0.25, 0.3) is 5.56 Å². The van der Waals surface area contributed by atoms with E-state index in [1.165, 1.54) is 6.07 Å². The lowest BCUT2D eigenvalue weighted by molar-refractivity contribution is -0.129. The van der Waals surface area contributed by atoms with Gasteiger partial charge >= 0.3 is 0 Å². The summed E-state index contributed by atoms with van der Waals surface area (Å²) in [5.41, 5.74) is 1.41. The molecule has 1 amide bonds. The predicted octanol–water partition coefficient (Wildman–Crippen LogP) is 1.11. The third-order valence-electron chi connectivity index (χ3n) is 3.82. The van der Waals surface area contributed by atoms with Crippen molar-refractivity contribution in [3.05, 3.63) is 46.8 Å². The Hall–Kier alpha value is -2.63. The van der Waals surface area contributed by atoms with Gasteiger partial charge in [-0.25, -0.2) is 4.98 Å². The number of H-pyrrole nitrogens is 1. The molecule has 1 aliphatic rings. The topological polar surface area (TPSA) is 69.3 Å². The SMILES string of the molecule is CC(=O)N1CCN(c2nc(-c3ccccc3)cc(=O)[nH]2)CC1. The van der Waals surface area contributed by atoms with Crippen molar-refractivity contribution in [2.75, 3.05) is 31.1 Å². The molecule has 0 bridgehead atoms. The van der Waals surface area contributed by atoms with E-state index >= 15 is 0 Å². The summed E-state index contributed by atoms with van der Waals surface area (Å²) in [7, 11) is 0. The molecular formula is C16H18N4O2. The third-order valence-corrected chi connectivity index (χ3v) is 3.82. The summed E-state index contributed by atoms with van der Waals surface area (Å²) in [6.07, 6.45) is 0. The van der Waals surface area contributed by atoms with Gasteiger partial charge in [-0.05, 0) is 0 Å². The van der Waals surface area contributed by atoms with Crippen LogP contribution in [0.15, 0.2) is 41.2 Å². The van der Waals surface area contributed by atoms with E-state index in [4.69, 9.17) is 0 Å². The Bertz CT molecular complexity index is 718. The fourth-order valence-electron chi connectivity index (χ4n) is 2.58. The number of hydrogen-bond acceptors (Lipinski definition) is 4. The molecule has 1 aromatic heterocycles. The molecule has 0 saturated carbocycles. The Balaban J connectivity index is 1.85. The molecule has 2 heterocycles. The number of carbonyl (C=O) groups is 1. The van der Waals surface area contributed by atoms with Gasteiger partial charge in [0, 0.05) is 44.7 Å². The van der Waals surface area contributed by atoms with E-state index in [2.05, 4.69) is 9.97 Å². The summed E-state index contributed by atoms with van der Waals surface area (Å²) in [5, 5.41) is 0. The van der Waals surface area contributed by atoms with Crippen molar-refractivity contribution in [3.8, 4) is 11.3 Å². The van der Waals surface area contributed by atoms with Gasteiger partial charge in [0.15, 0.2) is 0 Å². The highest BCUT2D eigenvalue weighted by Crippen LogP contribution is 2.17. The molecule has 0 aliphatic carbocycles. The average Bonchev–Trinajstić information content (AvgIpc) is 2.55. The van der Waals surface area contributed by atoms with Crippen molar-refractivity contribution in [1.29, 1.82) is 0 Å². The minimum atomic E-state index is -0.169. The number of nitrogens with zero attached hydrogens (tertiary/aromatic N) is 3. The number of aromatic amines is 1. The molecule has 0 unspecified atom stereocenters. The molecular weight excluding hydrogens is 280 g/mol. The van der Waals surface area contributed by atoms with E-state index in [-0.39, 0.29) is 11.5 Å². The number of piperazine rings is 1. The lowest BCUT2D eigenvalue weighted by atomic mass is 10.1. The van der Waals surface area contributed by atoms with Gasteiger partial charge in [-0.3, -0.25) is 14.6 Å². The molecule has 6 nitrogen and oxygen atoms in total. The van der Waals surface area contributed by atoms with Gasteiger partial charge in [0.1, 0.15) is 0 Å². The minimum absolute atomic E-state index is 0.0825. The fraction of sp³-hybridized carbons (Fsp3) is 0.312. The second-order valence-electron chi connectivity index (χ2n) is 5.31. The van der Waals surface area contributed by atoms with Crippen LogP contribution in [0.2, 0.25) is 0 Å². The van der Waals surface area contributed by atoms with E-state index in [9.17, 15) is 9.59 Å². The number of rotatable bonds is 2. The minimum Gasteiger partial charge on any atom is -0.339 e. The van der Waals surface area contributed by atoms with Crippen LogP contribution < -0.4 is 10.5 Å². The standard InChI is InChI=1S/C16H18N4O2/c1-12(21)19-7-9-20(10-8-19)16-17-14(11-15(22)18-16)13-5-3-2-4-6-13/h2-6,11H,7-10H2,1H3,(H,17,18,22). The Labute approximate surface area is 128 Å². The van der Waals surface area contributed by atoms with Crippen LogP contribution in [0, 0.1) is 0 Å². The normalized spacial score (nSPS) is 15.0. The van der Waals surface area contributed by atoms with Crippen LogP contribution in [0.4, 0.5) is 5.95 Å². The van der Waals surface area contributed by atoms with Crippen LogP contribution in [-0.2, 0) is 4.79 Å². The van der Waals surface area contributed by atoms with Crippen molar-refractivity contribution in [2.45, 2.75) is 6.92 Å². The molecule has 3 rings (SSSR count). The van der Waals surface area contributed by atoms with Crippen LogP contribution in [0.3, 0.4) is 0 Å². The molecule has 1 saturated heterocycles. The van der Waals surface area contributed by atoms with Crippen LogP contribution in [0.1, 0.15) is 6.92 Å². The molecule has 1 fully saturated rings. The highest BCUT2D eigenvalue weighted by atomic mass is 16.2. The van der Waals surface area contributed by atoms with Gasteiger partial charge < -0.3 is 9.80 Å². The Kier molecular flexibility index (Phi) is 3.91. The van der Waals surface area contributed by atoms with Crippen LogP contribution in [0.25, 0.3) is 11.3 Å². The van der Waals surface area contributed by atoms with Gasteiger partial charge in [-0.1, -0.05) is 30.3 Å². The number of hydrogen-bond donors (Lipinski definition) is 1. The van der Waals surface area contributed by atoms with E-state index in [0.29, 0.717) is 37.8 Å². The van der Waals surface area contributed by atoms with E-state index < -0.39 is 0 Å². The second kappa shape index (κ2) is 6.01. The first-order valence-electron chi connectivity index (χ1n) is 7.31. The number of anilines is 1. The first-order valence-corrected chi connectivity index (χ1v) is 7.31. The zero-order valence-electron chi connectivity index (χ0n) is 12.5. The zero-order valence-corrected chi connectivity index (χ0v) is 12.5. The number of amides is 1. The monoisotopic (exact) mass is 298 g/mol. The molecule has 22 heavy (non-hydrogen) atoms. The van der Waals surface area contributed by atoms with Gasteiger partial charge in [0.2, 0.25) is 11.9 Å². The van der Waals surface area contributed by atoms with Gasteiger partial charge in [-0.15, -0.1) is 0 Å². The molecule has 114 valence electrons. The van der Waals surface area contributed by atoms with Crippen molar-refractivity contribution in [1.82, 2.24) is 14.9 Å². The first kappa shape index (κ1) is 14.3. The molecule has 0 radical (unpaired) electrons. The Morgan fingerprint density at radius 3 is 2.45 bits per heavy atom. The van der Waals surface area contributed by atoms with E-state index in [0.717, 1.165) is 5.56 Å². The highest BCUT2D eigenvalue weighted by Gasteiger charge is 2.20. The maximum atomic E-state index is 11.9. The van der Waals surface area contributed by atoms with Crippen molar-refractivity contribution >= 4 is 11.9 Å². The molecule has 0 spiro atoms. The fourth-order valence-corrected chi connectivity index (χ4v) is 2.58. The predicted molar refractivity (Wildman–Crippen MR) is 84.8 cm³/mol.